The van der Waals surface area contributed by atoms with Gasteiger partial charge in [0.2, 0.25) is 11.9 Å². The molecule has 0 unspecified atom stereocenters. The van der Waals surface area contributed by atoms with Crippen molar-refractivity contribution in [3.63, 3.8) is 0 Å². The Hall–Kier alpha value is -2.71. The lowest BCUT2D eigenvalue weighted by Crippen LogP contribution is -2.19. The van der Waals surface area contributed by atoms with Gasteiger partial charge in [0, 0.05) is 5.69 Å². The summed E-state index contributed by atoms with van der Waals surface area (Å²) in [5.41, 5.74) is 5.76. The van der Waals surface area contributed by atoms with Crippen molar-refractivity contribution in [3.8, 4) is 5.75 Å². The number of hydrogen-bond donors (Lipinski definition) is 2. The van der Waals surface area contributed by atoms with Crippen molar-refractivity contribution in [3.05, 3.63) is 30.6 Å². The third kappa shape index (κ3) is 3.90. The lowest BCUT2D eigenvalue weighted by atomic mass is 10.3. The molecule has 1 aromatic carbocycles. The van der Waals surface area contributed by atoms with Crippen LogP contribution in [-0.2, 0) is 11.3 Å². The molecule has 0 atom stereocenters. The van der Waals surface area contributed by atoms with Crippen LogP contribution in [0, 0.1) is 0 Å². The molecule has 1 heterocycles. The van der Waals surface area contributed by atoms with E-state index in [1.54, 1.807) is 0 Å². The first-order valence-electron chi connectivity index (χ1n) is 5.52. The van der Waals surface area contributed by atoms with Gasteiger partial charge < -0.3 is 15.8 Å². The van der Waals surface area contributed by atoms with Crippen LogP contribution in [0.5, 0.6) is 5.75 Å². The number of hydrogen-bond acceptors (Lipinski definition) is 5. The van der Waals surface area contributed by atoms with Gasteiger partial charge in [0.25, 0.3) is 0 Å². The molecule has 0 fully saturated rings. The minimum atomic E-state index is -2.88. The fourth-order valence-electron chi connectivity index (χ4n) is 1.45. The van der Waals surface area contributed by atoms with Crippen molar-refractivity contribution in [2.24, 2.45) is 0 Å². The van der Waals surface area contributed by atoms with Crippen LogP contribution in [0.3, 0.4) is 0 Å². The fourth-order valence-corrected chi connectivity index (χ4v) is 1.45. The van der Waals surface area contributed by atoms with E-state index in [1.807, 2.05) is 0 Å². The molecule has 3 N–H and O–H groups in total. The quantitative estimate of drug-likeness (QED) is 0.856. The Balaban J connectivity index is 1.91. The number of nitrogens with zero attached hydrogens (tertiary/aromatic N) is 3. The van der Waals surface area contributed by atoms with Gasteiger partial charge in [-0.05, 0) is 24.3 Å². The second kappa shape index (κ2) is 5.95. The van der Waals surface area contributed by atoms with Gasteiger partial charge in [-0.2, -0.15) is 8.78 Å². The highest BCUT2D eigenvalue weighted by Gasteiger charge is 2.07. The second-order valence-electron chi connectivity index (χ2n) is 3.75. The van der Waals surface area contributed by atoms with Crippen molar-refractivity contribution in [2.75, 3.05) is 11.1 Å². The first-order valence-corrected chi connectivity index (χ1v) is 5.52. The van der Waals surface area contributed by atoms with Crippen molar-refractivity contribution >= 4 is 17.5 Å². The predicted octanol–water partition coefficient (Wildman–Crippen LogP) is 1.10. The number of rotatable bonds is 5. The van der Waals surface area contributed by atoms with E-state index in [1.165, 1.54) is 35.3 Å². The summed E-state index contributed by atoms with van der Waals surface area (Å²) in [5, 5.41) is 6.33. The van der Waals surface area contributed by atoms with Crippen LogP contribution in [0.4, 0.5) is 20.4 Å². The molecule has 7 nitrogen and oxygen atoms in total. The molecule has 0 bridgehead atoms. The molecule has 2 rings (SSSR count). The van der Waals surface area contributed by atoms with Gasteiger partial charge in [-0.15, -0.1) is 5.10 Å². The number of carbonyl (C=O) groups excluding carboxylic acids is 1. The molecular weight excluding hydrogens is 272 g/mol. The number of nitrogens with two attached hydrogens (primary N) is 1. The van der Waals surface area contributed by atoms with Crippen LogP contribution in [0.1, 0.15) is 0 Å². The highest BCUT2D eigenvalue weighted by Crippen LogP contribution is 2.17. The zero-order valence-corrected chi connectivity index (χ0v) is 10.2. The highest BCUT2D eigenvalue weighted by atomic mass is 19.3. The van der Waals surface area contributed by atoms with E-state index in [9.17, 15) is 13.6 Å². The Labute approximate surface area is 112 Å². The number of amides is 1. The summed E-state index contributed by atoms with van der Waals surface area (Å²) in [7, 11) is 0. The predicted molar refractivity (Wildman–Crippen MR) is 66.1 cm³/mol. The maximum atomic E-state index is 12.0. The van der Waals surface area contributed by atoms with Crippen LogP contribution in [0.25, 0.3) is 0 Å². The monoisotopic (exact) mass is 283 g/mol. The van der Waals surface area contributed by atoms with Crippen molar-refractivity contribution in [2.45, 2.75) is 13.2 Å². The van der Waals surface area contributed by atoms with Crippen LogP contribution < -0.4 is 15.8 Å². The Morgan fingerprint density at radius 2 is 2.10 bits per heavy atom. The van der Waals surface area contributed by atoms with Gasteiger partial charge in [0.1, 0.15) is 18.6 Å². The van der Waals surface area contributed by atoms with E-state index in [4.69, 9.17) is 5.73 Å². The summed E-state index contributed by atoms with van der Waals surface area (Å²) in [6.07, 6.45) is 1.33. The van der Waals surface area contributed by atoms with Crippen molar-refractivity contribution in [1.29, 1.82) is 0 Å². The average molecular weight is 283 g/mol. The van der Waals surface area contributed by atoms with E-state index >= 15 is 0 Å². The number of nitrogens with one attached hydrogen (secondary N) is 1. The minimum absolute atomic E-state index is 0.0158. The smallest absolute Gasteiger partial charge is 0.387 e. The molecule has 0 aliphatic heterocycles. The maximum Gasteiger partial charge on any atom is 0.387 e. The van der Waals surface area contributed by atoms with Crippen LogP contribution in [0.15, 0.2) is 30.6 Å². The first-order chi connectivity index (χ1) is 9.52. The number of aromatic nitrogens is 3. The molecular formula is C11H11F2N5O2. The molecule has 0 saturated carbocycles. The molecule has 0 spiro atoms. The second-order valence-corrected chi connectivity index (χ2v) is 3.75. The normalized spacial score (nSPS) is 10.6. The van der Waals surface area contributed by atoms with Gasteiger partial charge in [0.15, 0.2) is 0 Å². The summed E-state index contributed by atoms with van der Waals surface area (Å²) in [5.74, 6) is -0.259. The Morgan fingerprint density at radius 3 is 2.65 bits per heavy atom. The molecule has 0 saturated heterocycles. The number of carbonyl (C=O) groups is 1. The Morgan fingerprint density at radius 1 is 1.40 bits per heavy atom. The van der Waals surface area contributed by atoms with Gasteiger partial charge in [-0.1, -0.05) is 0 Å². The highest BCUT2D eigenvalue weighted by molar-refractivity contribution is 5.90. The molecule has 1 amide bonds. The molecule has 20 heavy (non-hydrogen) atoms. The van der Waals surface area contributed by atoms with Crippen LogP contribution in [0.2, 0.25) is 0 Å². The molecule has 9 heteroatoms. The third-order valence-corrected chi connectivity index (χ3v) is 2.22. The molecule has 0 aliphatic rings. The lowest BCUT2D eigenvalue weighted by molar-refractivity contribution is -0.116. The fraction of sp³-hybridized carbons (Fsp3) is 0.182. The van der Waals surface area contributed by atoms with E-state index < -0.39 is 6.61 Å². The minimum Gasteiger partial charge on any atom is -0.435 e. The van der Waals surface area contributed by atoms with Crippen molar-refractivity contribution in [1.82, 2.24) is 14.8 Å². The Bertz CT molecular complexity index is 585. The Kier molecular flexibility index (Phi) is 4.08. The van der Waals surface area contributed by atoms with Gasteiger partial charge in [0.05, 0.1) is 0 Å². The zero-order valence-electron chi connectivity index (χ0n) is 10.2. The number of alkyl halides is 2. The number of nitrogen functional groups attached to an aromatic ring is 1. The largest absolute Gasteiger partial charge is 0.435 e. The molecule has 2 aromatic rings. The van der Waals surface area contributed by atoms with E-state index in [2.05, 4.69) is 20.1 Å². The SMILES string of the molecule is Nc1ncn(CC(=O)Nc2ccc(OC(F)F)cc2)n1. The van der Waals surface area contributed by atoms with Crippen molar-refractivity contribution < 1.29 is 18.3 Å². The van der Waals surface area contributed by atoms with E-state index in [-0.39, 0.29) is 24.1 Å². The number of anilines is 2. The zero-order chi connectivity index (χ0) is 14.5. The molecule has 1 aromatic heterocycles. The summed E-state index contributed by atoms with van der Waals surface area (Å²) in [4.78, 5) is 15.3. The molecule has 0 radical (unpaired) electrons. The topological polar surface area (TPSA) is 95.1 Å². The molecule has 0 aliphatic carbocycles. The third-order valence-electron chi connectivity index (χ3n) is 2.22. The summed E-state index contributed by atoms with van der Waals surface area (Å²) in [6, 6.07) is 5.56. The number of ether oxygens (including phenoxy) is 1. The molecule has 106 valence electrons. The first kappa shape index (κ1) is 13.7. The van der Waals surface area contributed by atoms with E-state index in [0.29, 0.717) is 5.69 Å². The summed E-state index contributed by atoms with van der Waals surface area (Å²) >= 11 is 0. The van der Waals surface area contributed by atoms with E-state index in [0.717, 1.165) is 0 Å². The maximum absolute atomic E-state index is 12.0. The van der Waals surface area contributed by atoms with Crippen LogP contribution >= 0.6 is 0 Å². The van der Waals surface area contributed by atoms with Crippen LogP contribution in [-0.4, -0.2) is 27.3 Å². The van der Waals surface area contributed by atoms with Gasteiger partial charge in [-0.25, -0.2) is 9.67 Å². The lowest BCUT2D eigenvalue weighted by Gasteiger charge is -2.07. The number of benzene rings is 1. The van der Waals surface area contributed by atoms with Gasteiger partial charge in [-0.3, -0.25) is 4.79 Å². The summed E-state index contributed by atoms with van der Waals surface area (Å²) < 4.78 is 29.4. The van der Waals surface area contributed by atoms with Gasteiger partial charge >= 0.3 is 6.61 Å². The standard InChI is InChI=1S/C11H11F2N5O2/c12-10(13)20-8-3-1-7(2-4-8)16-9(19)5-18-6-15-11(14)17-18/h1-4,6,10H,5H2,(H2,14,17)(H,16,19). The number of halogens is 2. The summed E-state index contributed by atoms with van der Waals surface area (Å²) in [6.45, 7) is -2.94. The average Bonchev–Trinajstić information content (AvgIpc) is 2.76.